The molecule has 8 nitrogen and oxygen atoms in total. The summed E-state index contributed by atoms with van der Waals surface area (Å²) in [5, 5.41) is 14.2. The van der Waals surface area contributed by atoms with Crippen molar-refractivity contribution in [2.45, 2.75) is 12.1 Å². The summed E-state index contributed by atoms with van der Waals surface area (Å²) >= 11 is 2.55. The largest absolute Gasteiger partial charge is 0.497 e. The number of anilines is 1. The third-order valence-corrected chi connectivity index (χ3v) is 7.23. The third-order valence-electron chi connectivity index (χ3n) is 5.31. The monoisotopic (exact) mass is 508 g/mol. The summed E-state index contributed by atoms with van der Waals surface area (Å²) in [5.41, 5.74) is 3.94. The van der Waals surface area contributed by atoms with Crippen LogP contribution >= 0.6 is 23.1 Å². The molecule has 0 aliphatic rings. The molecule has 0 saturated heterocycles. The summed E-state index contributed by atoms with van der Waals surface area (Å²) in [6.45, 7) is 2.03. The van der Waals surface area contributed by atoms with Gasteiger partial charge in [-0.3, -0.25) is 4.79 Å². The first kappa shape index (κ1) is 24.5. The van der Waals surface area contributed by atoms with Gasteiger partial charge in [0.2, 0.25) is 5.91 Å². The minimum Gasteiger partial charge on any atom is -0.497 e. The number of thioether (sulfide) groups is 1. The Morgan fingerprint density at radius 3 is 2.37 bits per heavy atom. The van der Waals surface area contributed by atoms with Crippen LogP contribution in [0.2, 0.25) is 0 Å². The first-order valence-electron chi connectivity index (χ1n) is 10.6. The van der Waals surface area contributed by atoms with E-state index in [4.69, 9.17) is 9.47 Å². The van der Waals surface area contributed by atoms with Crippen LogP contribution in [0.15, 0.2) is 59.1 Å². The molecule has 0 aliphatic heterocycles. The van der Waals surface area contributed by atoms with Crippen molar-refractivity contribution >= 4 is 40.0 Å². The molecular formula is C25H24N4O4S2. The van der Waals surface area contributed by atoms with Crippen LogP contribution in [0.25, 0.3) is 22.5 Å². The molecule has 10 heteroatoms. The number of amides is 1. The molecule has 4 aromatic rings. The molecule has 35 heavy (non-hydrogen) atoms. The highest BCUT2D eigenvalue weighted by Gasteiger charge is 2.23. The molecule has 180 valence electrons. The van der Waals surface area contributed by atoms with Gasteiger partial charge in [-0.1, -0.05) is 53.7 Å². The Morgan fingerprint density at radius 2 is 1.71 bits per heavy atom. The summed E-state index contributed by atoms with van der Waals surface area (Å²) < 4.78 is 12.0. The zero-order valence-corrected chi connectivity index (χ0v) is 21.3. The Hall–Kier alpha value is -3.63. The smallest absolute Gasteiger partial charge is 0.341 e. The molecule has 0 spiro atoms. The Labute approximate surface area is 211 Å². The van der Waals surface area contributed by atoms with Crippen molar-refractivity contribution in [3.63, 3.8) is 0 Å². The summed E-state index contributed by atoms with van der Waals surface area (Å²) in [6, 6.07) is 15.4. The molecule has 0 fully saturated rings. The number of rotatable bonds is 8. The Kier molecular flexibility index (Phi) is 7.52. The van der Waals surface area contributed by atoms with E-state index in [0.29, 0.717) is 27.0 Å². The second-order valence-electron chi connectivity index (χ2n) is 7.64. The first-order chi connectivity index (χ1) is 16.9. The minimum atomic E-state index is -0.518. The van der Waals surface area contributed by atoms with Crippen molar-refractivity contribution in [1.82, 2.24) is 14.8 Å². The number of carbonyl (C=O) groups is 2. The SMILES string of the molecule is COC(=O)c1c(-c2ccc(OC)cc2)csc1NC(=O)CSc1nnc(-c2ccc(C)cc2)n1C. The second-order valence-corrected chi connectivity index (χ2v) is 9.46. The van der Waals surface area contributed by atoms with Gasteiger partial charge in [0, 0.05) is 23.6 Å². The number of thiophene rings is 1. The predicted octanol–water partition coefficient (Wildman–Crippen LogP) is 5.05. The van der Waals surface area contributed by atoms with Gasteiger partial charge in [-0.2, -0.15) is 0 Å². The number of nitrogens with one attached hydrogen (secondary N) is 1. The molecule has 0 radical (unpaired) electrons. The maximum Gasteiger partial charge on any atom is 0.341 e. The van der Waals surface area contributed by atoms with Crippen LogP contribution in [0.3, 0.4) is 0 Å². The van der Waals surface area contributed by atoms with Crippen molar-refractivity contribution < 1.29 is 19.1 Å². The summed E-state index contributed by atoms with van der Waals surface area (Å²) in [7, 11) is 4.78. The second kappa shape index (κ2) is 10.7. The van der Waals surface area contributed by atoms with Gasteiger partial charge in [-0.05, 0) is 24.6 Å². The van der Waals surface area contributed by atoms with Gasteiger partial charge in [0.25, 0.3) is 0 Å². The molecular weight excluding hydrogens is 484 g/mol. The number of aromatic nitrogens is 3. The van der Waals surface area contributed by atoms with E-state index >= 15 is 0 Å². The predicted molar refractivity (Wildman–Crippen MR) is 138 cm³/mol. The fourth-order valence-electron chi connectivity index (χ4n) is 3.43. The van der Waals surface area contributed by atoms with Crippen LogP contribution in [0.1, 0.15) is 15.9 Å². The lowest BCUT2D eigenvalue weighted by Gasteiger charge is -2.08. The van der Waals surface area contributed by atoms with Gasteiger partial charge in [-0.15, -0.1) is 21.5 Å². The van der Waals surface area contributed by atoms with Crippen molar-refractivity contribution in [1.29, 1.82) is 0 Å². The lowest BCUT2D eigenvalue weighted by Crippen LogP contribution is -2.16. The molecule has 2 aromatic carbocycles. The number of hydrogen-bond donors (Lipinski definition) is 1. The topological polar surface area (TPSA) is 95.3 Å². The number of esters is 1. The molecule has 4 rings (SSSR count). The fourth-order valence-corrected chi connectivity index (χ4v) is 5.11. The zero-order valence-electron chi connectivity index (χ0n) is 19.7. The molecule has 0 aliphatic carbocycles. The molecule has 1 N–H and O–H groups in total. The summed E-state index contributed by atoms with van der Waals surface area (Å²) in [6.07, 6.45) is 0. The van der Waals surface area contributed by atoms with E-state index in [1.807, 2.05) is 72.4 Å². The standard InChI is InChI=1S/C25H24N4O4S2/c1-15-5-7-17(8-6-15)22-27-28-25(29(22)2)35-14-20(30)26-23-21(24(31)33-4)19(13-34-23)16-9-11-18(32-3)12-10-16/h5-13H,14H2,1-4H3,(H,26,30). The number of benzene rings is 2. The lowest BCUT2D eigenvalue weighted by molar-refractivity contribution is -0.113. The molecule has 0 bridgehead atoms. The average Bonchev–Trinajstić information content (AvgIpc) is 3.46. The van der Waals surface area contributed by atoms with Crippen LogP contribution in [0, 0.1) is 6.92 Å². The van der Waals surface area contributed by atoms with Crippen LogP contribution in [-0.2, 0) is 16.6 Å². The number of aryl methyl sites for hydroxylation is 1. The summed E-state index contributed by atoms with van der Waals surface area (Å²) in [5.74, 6) is 0.766. The van der Waals surface area contributed by atoms with E-state index in [-0.39, 0.29) is 11.7 Å². The highest BCUT2D eigenvalue weighted by atomic mass is 32.2. The van der Waals surface area contributed by atoms with Crippen molar-refractivity contribution in [2.24, 2.45) is 7.05 Å². The summed E-state index contributed by atoms with van der Waals surface area (Å²) in [4.78, 5) is 25.3. The van der Waals surface area contributed by atoms with Crippen LogP contribution in [0.4, 0.5) is 5.00 Å². The van der Waals surface area contributed by atoms with Crippen molar-refractivity contribution in [3.05, 3.63) is 65.0 Å². The molecule has 0 unspecified atom stereocenters. The minimum absolute atomic E-state index is 0.107. The van der Waals surface area contributed by atoms with Gasteiger partial charge in [0.1, 0.15) is 16.3 Å². The van der Waals surface area contributed by atoms with Gasteiger partial charge < -0.3 is 19.4 Å². The Bertz CT molecular complexity index is 1350. The normalized spacial score (nSPS) is 10.7. The molecule has 0 atom stereocenters. The first-order valence-corrected chi connectivity index (χ1v) is 12.5. The van der Waals surface area contributed by atoms with E-state index < -0.39 is 5.97 Å². The third kappa shape index (κ3) is 5.39. The average molecular weight is 509 g/mol. The van der Waals surface area contributed by atoms with Crippen molar-refractivity contribution in [2.75, 3.05) is 25.3 Å². The van der Waals surface area contributed by atoms with Crippen LogP contribution in [0.5, 0.6) is 5.75 Å². The highest BCUT2D eigenvalue weighted by Crippen LogP contribution is 2.37. The maximum atomic E-state index is 12.8. The Morgan fingerprint density at radius 1 is 1.03 bits per heavy atom. The molecule has 1 amide bonds. The number of carbonyl (C=O) groups excluding carboxylic acids is 2. The van der Waals surface area contributed by atoms with Crippen LogP contribution < -0.4 is 10.1 Å². The molecule has 0 saturated carbocycles. The lowest BCUT2D eigenvalue weighted by atomic mass is 10.0. The van der Waals surface area contributed by atoms with E-state index in [9.17, 15) is 9.59 Å². The van der Waals surface area contributed by atoms with Crippen molar-refractivity contribution in [3.8, 4) is 28.3 Å². The van der Waals surface area contributed by atoms with Gasteiger partial charge in [0.15, 0.2) is 11.0 Å². The maximum absolute atomic E-state index is 12.8. The number of hydrogen-bond acceptors (Lipinski definition) is 8. The quantitative estimate of drug-likeness (QED) is 0.263. The number of methoxy groups -OCH3 is 2. The fraction of sp³-hybridized carbons (Fsp3) is 0.200. The van der Waals surface area contributed by atoms with E-state index in [0.717, 1.165) is 22.5 Å². The van der Waals surface area contributed by atoms with Gasteiger partial charge in [-0.25, -0.2) is 4.79 Å². The Balaban J connectivity index is 1.48. The number of ether oxygens (including phenoxy) is 2. The van der Waals surface area contributed by atoms with Gasteiger partial charge in [0.05, 0.1) is 20.0 Å². The zero-order chi connectivity index (χ0) is 24.9. The number of nitrogens with zero attached hydrogens (tertiary/aromatic N) is 3. The van der Waals surface area contributed by atoms with Gasteiger partial charge >= 0.3 is 5.97 Å². The van der Waals surface area contributed by atoms with E-state index in [2.05, 4.69) is 15.5 Å². The molecule has 2 heterocycles. The van der Waals surface area contributed by atoms with E-state index in [1.165, 1.54) is 30.2 Å². The van der Waals surface area contributed by atoms with Crippen LogP contribution in [-0.4, -0.2) is 46.6 Å². The van der Waals surface area contributed by atoms with E-state index in [1.54, 1.807) is 7.11 Å². The molecule has 2 aromatic heterocycles. The highest BCUT2D eigenvalue weighted by molar-refractivity contribution is 7.99.